The average Bonchev–Trinajstić information content (AvgIpc) is 3.22. The third kappa shape index (κ3) is 8.51. The second kappa shape index (κ2) is 12.8. The molecule has 8 nitrogen and oxygen atoms in total. The van der Waals surface area contributed by atoms with Crippen LogP contribution in [0.5, 0.6) is 0 Å². The Bertz CT molecular complexity index is 821. The number of benzene rings is 1. The summed E-state index contributed by atoms with van der Waals surface area (Å²) in [5.74, 6) is 1.29. The SMILES string of the molecule is CCNCc1nc([C@@H](CCc2ccccc2)NS(=O)(=O)CCCN(CC)CC)n[nH]1. The van der Waals surface area contributed by atoms with Gasteiger partial charge in [0, 0.05) is 0 Å². The zero-order valence-corrected chi connectivity index (χ0v) is 19.2. The van der Waals surface area contributed by atoms with Gasteiger partial charge in [0.15, 0.2) is 5.82 Å². The Balaban J connectivity index is 2.05. The fourth-order valence-corrected chi connectivity index (χ4v) is 4.56. The first-order chi connectivity index (χ1) is 14.5. The summed E-state index contributed by atoms with van der Waals surface area (Å²) >= 11 is 0. The number of nitrogens with zero attached hydrogens (tertiary/aromatic N) is 3. The lowest BCUT2D eigenvalue weighted by molar-refractivity contribution is 0.304. The molecule has 0 unspecified atom stereocenters. The number of hydrogen-bond acceptors (Lipinski definition) is 6. The largest absolute Gasteiger partial charge is 0.310 e. The molecule has 0 saturated carbocycles. The molecule has 0 aliphatic heterocycles. The van der Waals surface area contributed by atoms with Gasteiger partial charge in [-0.25, -0.2) is 18.1 Å². The van der Waals surface area contributed by atoms with Crippen LogP contribution in [0.25, 0.3) is 0 Å². The third-order valence-electron chi connectivity index (χ3n) is 5.07. The molecular weight excluding hydrogens is 400 g/mol. The van der Waals surface area contributed by atoms with Crippen LogP contribution in [0.4, 0.5) is 0 Å². The number of hydrogen-bond donors (Lipinski definition) is 3. The van der Waals surface area contributed by atoms with Crippen molar-refractivity contribution in [2.45, 2.75) is 52.6 Å². The van der Waals surface area contributed by atoms with E-state index >= 15 is 0 Å². The monoisotopic (exact) mass is 436 g/mol. The summed E-state index contributed by atoms with van der Waals surface area (Å²) in [6.45, 7) is 10.2. The van der Waals surface area contributed by atoms with Crippen molar-refractivity contribution in [2.75, 3.05) is 31.9 Å². The van der Waals surface area contributed by atoms with Crippen LogP contribution in [-0.4, -0.2) is 60.4 Å². The van der Waals surface area contributed by atoms with Gasteiger partial charge in [-0.2, -0.15) is 5.10 Å². The van der Waals surface area contributed by atoms with E-state index in [0.29, 0.717) is 31.0 Å². The Morgan fingerprint density at radius 2 is 1.87 bits per heavy atom. The van der Waals surface area contributed by atoms with Crippen LogP contribution < -0.4 is 10.0 Å². The highest BCUT2D eigenvalue weighted by atomic mass is 32.2. The molecule has 0 radical (unpaired) electrons. The lowest BCUT2D eigenvalue weighted by Gasteiger charge is -2.19. The highest BCUT2D eigenvalue weighted by Crippen LogP contribution is 2.18. The van der Waals surface area contributed by atoms with Gasteiger partial charge >= 0.3 is 0 Å². The number of sulfonamides is 1. The Labute approximate surface area is 180 Å². The van der Waals surface area contributed by atoms with E-state index in [-0.39, 0.29) is 5.75 Å². The summed E-state index contributed by atoms with van der Waals surface area (Å²) in [6, 6.07) is 9.58. The molecule has 0 spiro atoms. The first kappa shape index (κ1) is 24.5. The van der Waals surface area contributed by atoms with Gasteiger partial charge in [0.25, 0.3) is 0 Å². The minimum atomic E-state index is -3.44. The number of aromatic nitrogens is 3. The molecular formula is C21H36N6O2S. The van der Waals surface area contributed by atoms with E-state index in [0.717, 1.165) is 38.2 Å². The van der Waals surface area contributed by atoms with Crippen LogP contribution in [-0.2, 0) is 23.0 Å². The van der Waals surface area contributed by atoms with E-state index < -0.39 is 16.1 Å². The molecule has 1 aromatic heterocycles. The Morgan fingerprint density at radius 1 is 1.13 bits per heavy atom. The van der Waals surface area contributed by atoms with Gasteiger partial charge in [-0.1, -0.05) is 51.1 Å². The summed E-state index contributed by atoms with van der Waals surface area (Å²) in [5, 5.41) is 10.4. The summed E-state index contributed by atoms with van der Waals surface area (Å²) in [7, 11) is -3.44. The van der Waals surface area contributed by atoms with Gasteiger partial charge < -0.3 is 10.2 Å². The predicted molar refractivity (Wildman–Crippen MR) is 121 cm³/mol. The molecule has 9 heteroatoms. The zero-order chi connectivity index (χ0) is 21.8. The Hall–Kier alpha value is -1.81. The number of aryl methyl sites for hydroxylation is 1. The van der Waals surface area contributed by atoms with Gasteiger partial charge in [-0.3, -0.25) is 5.10 Å². The van der Waals surface area contributed by atoms with E-state index in [1.165, 1.54) is 0 Å². The van der Waals surface area contributed by atoms with Crippen LogP contribution in [0.15, 0.2) is 30.3 Å². The fraction of sp³-hybridized carbons (Fsp3) is 0.619. The Morgan fingerprint density at radius 3 is 2.53 bits per heavy atom. The summed E-state index contributed by atoms with van der Waals surface area (Å²) < 4.78 is 28.4. The topological polar surface area (TPSA) is 103 Å². The van der Waals surface area contributed by atoms with E-state index in [1.54, 1.807) is 0 Å². The quantitative estimate of drug-likeness (QED) is 0.396. The first-order valence-corrected chi connectivity index (χ1v) is 12.5. The number of nitrogens with one attached hydrogen (secondary N) is 3. The van der Waals surface area contributed by atoms with Crippen LogP contribution >= 0.6 is 0 Å². The first-order valence-electron chi connectivity index (χ1n) is 10.9. The van der Waals surface area contributed by atoms with Gasteiger partial charge in [0.1, 0.15) is 5.82 Å². The summed E-state index contributed by atoms with van der Waals surface area (Å²) in [6.07, 6.45) is 1.93. The minimum absolute atomic E-state index is 0.0972. The van der Waals surface area contributed by atoms with Crippen molar-refractivity contribution in [3.63, 3.8) is 0 Å². The standard InChI is InChI=1S/C21H36N6O2S/c1-4-22-17-20-23-21(25-24-20)19(14-13-18-11-8-7-9-12-18)26-30(28,29)16-10-15-27(5-2)6-3/h7-9,11-12,19,22,26H,4-6,10,13-17H2,1-3H3,(H,23,24,25)/t19-/m1/s1. The van der Waals surface area contributed by atoms with Crippen molar-refractivity contribution in [1.82, 2.24) is 30.1 Å². The molecule has 2 aromatic rings. The smallest absolute Gasteiger partial charge is 0.212 e. The molecule has 1 aromatic carbocycles. The maximum Gasteiger partial charge on any atom is 0.212 e. The highest BCUT2D eigenvalue weighted by Gasteiger charge is 2.23. The van der Waals surface area contributed by atoms with Crippen molar-refractivity contribution < 1.29 is 8.42 Å². The second-order valence-corrected chi connectivity index (χ2v) is 9.19. The third-order valence-corrected chi connectivity index (χ3v) is 6.54. The van der Waals surface area contributed by atoms with Crippen molar-refractivity contribution in [1.29, 1.82) is 0 Å². The van der Waals surface area contributed by atoms with E-state index in [2.05, 4.69) is 44.0 Å². The molecule has 1 atom stereocenters. The summed E-state index contributed by atoms with van der Waals surface area (Å²) in [5.41, 5.74) is 1.16. The van der Waals surface area contributed by atoms with Gasteiger partial charge in [0.05, 0.1) is 18.3 Å². The predicted octanol–water partition coefficient (Wildman–Crippen LogP) is 2.24. The zero-order valence-electron chi connectivity index (χ0n) is 18.4. The lowest BCUT2D eigenvalue weighted by atomic mass is 10.1. The molecule has 0 saturated heterocycles. The second-order valence-electron chi connectivity index (χ2n) is 7.31. The number of rotatable bonds is 15. The molecule has 1 heterocycles. The van der Waals surface area contributed by atoms with Crippen LogP contribution in [0.3, 0.4) is 0 Å². The number of H-pyrrole nitrogens is 1. The molecule has 30 heavy (non-hydrogen) atoms. The molecule has 0 aliphatic rings. The van der Waals surface area contributed by atoms with E-state index in [1.807, 2.05) is 37.3 Å². The van der Waals surface area contributed by atoms with Crippen LogP contribution in [0.1, 0.15) is 56.9 Å². The molecule has 0 bridgehead atoms. The minimum Gasteiger partial charge on any atom is -0.310 e. The molecule has 2 rings (SSSR count). The molecule has 168 valence electrons. The average molecular weight is 437 g/mol. The van der Waals surface area contributed by atoms with Crippen molar-refractivity contribution in [3.8, 4) is 0 Å². The molecule has 3 N–H and O–H groups in total. The van der Waals surface area contributed by atoms with Crippen molar-refractivity contribution >= 4 is 10.0 Å². The van der Waals surface area contributed by atoms with Gasteiger partial charge in [-0.05, 0) is 51.0 Å². The van der Waals surface area contributed by atoms with E-state index in [4.69, 9.17) is 0 Å². The van der Waals surface area contributed by atoms with E-state index in [9.17, 15) is 8.42 Å². The molecule has 0 fully saturated rings. The van der Waals surface area contributed by atoms with Crippen molar-refractivity contribution in [2.24, 2.45) is 0 Å². The maximum atomic E-state index is 12.8. The van der Waals surface area contributed by atoms with Crippen molar-refractivity contribution in [3.05, 3.63) is 47.5 Å². The fourth-order valence-electron chi connectivity index (χ4n) is 3.28. The lowest BCUT2D eigenvalue weighted by Crippen LogP contribution is -2.33. The highest BCUT2D eigenvalue weighted by molar-refractivity contribution is 7.89. The maximum absolute atomic E-state index is 12.8. The number of aromatic amines is 1. The van der Waals surface area contributed by atoms with Gasteiger partial charge in [-0.15, -0.1) is 0 Å². The van der Waals surface area contributed by atoms with Crippen LogP contribution in [0.2, 0.25) is 0 Å². The van der Waals surface area contributed by atoms with Gasteiger partial charge in [0.2, 0.25) is 10.0 Å². The molecule has 0 aliphatic carbocycles. The molecule has 0 amide bonds. The Kier molecular flexibility index (Phi) is 10.4. The normalized spacial score (nSPS) is 13.1. The van der Waals surface area contributed by atoms with Crippen LogP contribution in [0, 0.1) is 0 Å². The summed E-state index contributed by atoms with van der Waals surface area (Å²) in [4.78, 5) is 6.74.